The smallest absolute Gasteiger partial charge is 0.261 e. The number of hydrogen-bond acceptors (Lipinski definition) is 3. The molecule has 0 saturated heterocycles. The van der Waals surface area contributed by atoms with E-state index in [4.69, 9.17) is 0 Å². The minimum atomic E-state index is -3.67. The Morgan fingerprint density at radius 1 is 0.867 bits per heavy atom. The molecule has 0 spiro atoms. The monoisotopic (exact) mass is 420 g/mol. The summed E-state index contributed by atoms with van der Waals surface area (Å²) < 4.78 is 28.4. The van der Waals surface area contributed by atoms with Gasteiger partial charge in [0, 0.05) is 6.21 Å². The topological polar surface area (TPSA) is 58.5 Å². The Bertz CT molecular complexity index is 1140. The third kappa shape index (κ3) is 5.16. The second-order valence-electron chi connectivity index (χ2n) is 7.95. The van der Waals surface area contributed by atoms with Crippen molar-refractivity contribution in [2.24, 2.45) is 4.99 Å². The van der Waals surface area contributed by atoms with Crippen LogP contribution in [0.4, 0.5) is 11.4 Å². The van der Waals surface area contributed by atoms with Gasteiger partial charge in [-0.2, -0.15) is 0 Å². The molecule has 4 nitrogen and oxygen atoms in total. The summed E-state index contributed by atoms with van der Waals surface area (Å²) >= 11 is 0. The number of nitrogens with one attached hydrogen (secondary N) is 1. The quantitative estimate of drug-likeness (QED) is 0.477. The van der Waals surface area contributed by atoms with Gasteiger partial charge in [-0.1, -0.05) is 55.8 Å². The molecule has 3 aromatic rings. The molecule has 1 N–H and O–H groups in total. The summed E-state index contributed by atoms with van der Waals surface area (Å²) in [6.45, 7) is 10.1. The van der Waals surface area contributed by atoms with Crippen LogP contribution in [0.3, 0.4) is 0 Å². The van der Waals surface area contributed by atoms with E-state index in [9.17, 15) is 8.42 Å². The van der Waals surface area contributed by atoms with Crippen molar-refractivity contribution < 1.29 is 8.42 Å². The first kappa shape index (κ1) is 21.8. The van der Waals surface area contributed by atoms with Gasteiger partial charge in [0.05, 0.1) is 16.3 Å². The fraction of sp³-hybridized carbons (Fsp3) is 0.240. The molecule has 30 heavy (non-hydrogen) atoms. The largest absolute Gasteiger partial charge is 0.279 e. The number of benzene rings is 3. The lowest BCUT2D eigenvalue weighted by Gasteiger charge is -2.14. The molecule has 0 atom stereocenters. The van der Waals surface area contributed by atoms with Gasteiger partial charge < -0.3 is 0 Å². The maximum atomic E-state index is 12.8. The van der Waals surface area contributed by atoms with Crippen LogP contribution in [0.15, 0.2) is 70.6 Å². The second-order valence-corrected chi connectivity index (χ2v) is 9.64. The van der Waals surface area contributed by atoms with Gasteiger partial charge in [0.1, 0.15) is 0 Å². The Hall–Kier alpha value is -2.92. The molecule has 0 heterocycles. The number of sulfonamides is 1. The van der Waals surface area contributed by atoms with Crippen molar-refractivity contribution in [3.8, 4) is 0 Å². The van der Waals surface area contributed by atoms with Crippen molar-refractivity contribution in [1.82, 2.24) is 0 Å². The first-order valence-corrected chi connectivity index (χ1v) is 11.5. The molecule has 0 aromatic heterocycles. The number of hydrogen-bond donors (Lipinski definition) is 1. The Kier molecular flexibility index (Phi) is 6.42. The van der Waals surface area contributed by atoms with Crippen LogP contribution in [0.25, 0.3) is 0 Å². The van der Waals surface area contributed by atoms with Crippen molar-refractivity contribution in [2.75, 3.05) is 4.72 Å². The van der Waals surface area contributed by atoms with E-state index in [0.717, 1.165) is 22.3 Å². The van der Waals surface area contributed by atoms with Crippen molar-refractivity contribution in [1.29, 1.82) is 0 Å². The molecule has 3 aromatic carbocycles. The highest BCUT2D eigenvalue weighted by Crippen LogP contribution is 2.26. The molecule has 0 aliphatic heterocycles. The van der Waals surface area contributed by atoms with Crippen LogP contribution in [0.5, 0.6) is 0 Å². The molecule has 0 aliphatic rings. The molecule has 3 rings (SSSR count). The number of aryl methyl sites for hydroxylation is 3. The van der Waals surface area contributed by atoms with Crippen molar-refractivity contribution in [3.05, 3.63) is 88.5 Å². The van der Waals surface area contributed by atoms with Gasteiger partial charge in [-0.25, -0.2) is 8.42 Å². The average Bonchev–Trinajstić information content (AvgIpc) is 2.70. The molecule has 0 unspecified atom stereocenters. The van der Waals surface area contributed by atoms with Crippen LogP contribution >= 0.6 is 0 Å². The molecular weight excluding hydrogens is 392 g/mol. The van der Waals surface area contributed by atoms with E-state index in [-0.39, 0.29) is 4.90 Å². The van der Waals surface area contributed by atoms with Gasteiger partial charge in [0.25, 0.3) is 10.0 Å². The third-order valence-electron chi connectivity index (χ3n) is 5.03. The van der Waals surface area contributed by atoms with Gasteiger partial charge in [-0.15, -0.1) is 0 Å². The van der Waals surface area contributed by atoms with Gasteiger partial charge in [0.2, 0.25) is 0 Å². The number of nitrogens with zero attached hydrogens (tertiary/aromatic N) is 1. The average molecular weight is 421 g/mol. The Morgan fingerprint density at radius 3 is 1.97 bits per heavy atom. The Morgan fingerprint density at radius 2 is 1.43 bits per heavy atom. The normalized spacial score (nSPS) is 11.9. The summed E-state index contributed by atoms with van der Waals surface area (Å²) in [7, 11) is -3.67. The lowest BCUT2D eigenvalue weighted by molar-refractivity contribution is 0.601. The van der Waals surface area contributed by atoms with Crippen LogP contribution < -0.4 is 4.72 Å². The summed E-state index contributed by atoms with van der Waals surface area (Å²) in [5.41, 5.74) is 6.53. The van der Waals surface area contributed by atoms with Crippen molar-refractivity contribution >= 4 is 27.6 Å². The molecule has 0 aliphatic carbocycles. The Balaban J connectivity index is 1.76. The maximum absolute atomic E-state index is 12.8. The molecule has 5 heteroatoms. The van der Waals surface area contributed by atoms with E-state index < -0.39 is 10.0 Å². The highest BCUT2D eigenvalue weighted by Gasteiger charge is 2.16. The summed E-state index contributed by atoms with van der Waals surface area (Å²) in [6.07, 6.45) is 1.78. The molecule has 0 radical (unpaired) electrons. The van der Waals surface area contributed by atoms with Crippen LogP contribution in [0.1, 0.15) is 47.6 Å². The van der Waals surface area contributed by atoms with E-state index in [1.165, 1.54) is 5.56 Å². The summed E-state index contributed by atoms with van der Waals surface area (Å²) in [4.78, 5) is 4.67. The third-order valence-corrected chi connectivity index (χ3v) is 6.39. The van der Waals surface area contributed by atoms with E-state index in [1.54, 1.807) is 30.5 Å². The minimum absolute atomic E-state index is 0.210. The molecule has 0 saturated carbocycles. The van der Waals surface area contributed by atoms with Crippen molar-refractivity contribution in [2.45, 2.75) is 45.4 Å². The predicted molar refractivity (Wildman–Crippen MR) is 126 cm³/mol. The molecule has 0 bridgehead atoms. The van der Waals surface area contributed by atoms with Gasteiger partial charge in [-0.05, 0) is 73.2 Å². The number of anilines is 1. The lowest BCUT2D eigenvalue weighted by atomic mass is 10.0. The van der Waals surface area contributed by atoms with Gasteiger partial charge in [-0.3, -0.25) is 9.71 Å². The molecule has 0 amide bonds. The number of aliphatic imine (C=N–C) groups is 1. The van der Waals surface area contributed by atoms with Crippen LogP contribution in [-0.4, -0.2) is 14.6 Å². The highest BCUT2D eigenvalue weighted by molar-refractivity contribution is 7.92. The van der Waals surface area contributed by atoms with E-state index in [0.29, 0.717) is 17.3 Å². The van der Waals surface area contributed by atoms with Crippen LogP contribution in [-0.2, 0) is 10.0 Å². The highest BCUT2D eigenvalue weighted by atomic mass is 32.2. The first-order chi connectivity index (χ1) is 14.2. The zero-order valence-corrected chi connectivity index (χ0v) is 18.9. The zero-order chi connectivity index (χ0) is 21.9. The van der Waals surface area contributed by atoms with E-state index >= 15 is 0 Å². The van der Waals surface area contributed by atoms with Crippen molar-refractivity contribution in [3.63, 3.8) is 0 Å². The van der Waals surface area contributed by atoms with Crippen LogP contribution in [0, 0.1) is 20.8 Å². The van der Waals surface area contributed by atoms with Gasteiger partial charge in [0.15, 0.2) is 0 Å². The Labute approximate surface area is 179 Å². The second kappa shape index (κ2) is 8.84. The fourth-order valence-corrected chi connectivity index (χ4v) is 4.56. The SMILES string of the molecule is Cc1cc(C)c(NS(=O)(=O)c2ccc(N=Cc3ccc(C(C)C)cc3)cc2)c(C)c1. The van der Waals surface area contributed by atoms with E-state index in [2.05, 4.69) is 35.7 Å². The lowest BCUT2D eigenvalue weighted by Crippen LogP contribution is -2.14. The molecule has 156 valence electrons. The van der Waals surface area contributed by atoms with Crippen LogP contribution in [0.2, 0.25) is 0 Å². The summed E-state index contributed by atoms with van der Waals surface area (Å²) in [5.74, 6) is 0.492. The first-order valence-electron chi connectivity index (χ1n) is 10.0. The standard InChI is InChI=1S/C25H28N2O2S/c1-17(2)22-8-6-21(7-9-22)16-26-23-10-12-24(13-11-23)30(28,29)27-25-19(4)14-18(3)15-20(25)5/h6-17,27H,1-5H3. The molecular formula is C25H28N2O2S. The van der Waals surface area contributed by atoms with Gasteiger partial charge >= 0.3 is 0 Å². The maximum Gasteiger partial charge on any atom is 0.261 e. The molecule has 0 fully saturated rings. The number of rotatable bonds is 6. The summed E-state index contributed by atoms with van der Waals surface area (Å²) in [5, 5.41) is 0. The predicted octanol–water partition coefficient (Wildman–Crippen LogP) is 6.29. The minimum Gasteiger partial charge on any atom is -0.279 e. The summed E-state index contributed by atoms with van der Waals surface area (Å²) in [6, 6.07) is 18.8. The van der Waals surface area contributed by atoms with E-state index in [1.807, 2.05) is 45.0 Å². The zero-order valence-electron chi connectivity index (χ0n) is 18.1. The fourth-order valence-electron chi connectivity index (χ4n) is 3.36.